The van der Waals surface area contributed by atoms with Crippen molar-refractivity contribution in [3.05, 3.63) is 29.5 Å². The van der Waals surface area contributed by atoms with E-state index in [0.29, 0.717) is 5.56 Å². The van der Waals surface area contributed by atoms with Crippen LogP contribution in [0.25, 0.3) is 10.9 Å². The largest absolute Gasteiger partial charge is 0.508 e. The third-order valence-corrected chi connectivity index (χ3v) is 2.45. The van der Waals surface area contributed by atoms with Gasteiger partial charge in [-0.05, 0) is 24.6 Å². The summed E-state index contributed by atoms with van der Waals surface area (Å²) < 4.78 is 0. The summed E-state index contributed by atoms with van der Waals surface area (Å²) in [5, 5.41) is 12.9. The lowest BCUT2D eigenvalue weighted by Gasteiger charge is -2.03. The van der Waals surface area contributed by atoms with Gasteiger partial charge in [0, 0.05) is 18.6 Å². The summed E-state index contributed by atoms with van der Waals surface area (Å²) in [6, 6.07) is 3.10. The predicted molar refractivity (Wildman–Crippen MR) is 58.1 cm³/mol. The van der Waals surface area contributed by atoms with Crippen molar-refractivity contribution in [2.24, 2.45) is 0 Å². The number of aromatic amines is 1. The molecule has 2 rings (SSSR count). The van der Waals surface area contributed by atoms with Gasteiger partial charge < -0.3 is 15.4 Å². The van der Waals surface area contributed by atoms with Crippen LogP contribution in [0.2, 0.25) is 0 Å². The normalized spacial score (nSPS) is 10.5. The molecule has 0 fully saturated rings. The van der Waals surface area contributed by atoms with E-state index in [2.05, 4.69) is 10.3 Å². The fraction of sp³-hybridized carbons (Fsp3) is 0.182. The number of aromatic hydroxyl groups is 1. The second-order valence-corrected chi connectivity index (χ2v) is 3.47. The van der Waals surface area contributed by atoms with Gasteiger partial charge in [-0.3, -0.25) is 4.79 Å². The Morgan fingerprint density at radius 1 is 1.47 bits per heavy atom. The van der Waals surface area contributed by atoms with Crippen LogP contribution < -0.4 is 5.32 Å². The van der Waals surface area contributed by atoms with Gasteiger partial charge in [0.25, 0.3) is 5.91 Å². The maximum atomic E-state index is 11.5. The second-order valence-electron chi connectivity index (χ2n) is 3.47. The fourth-order valence-electron chi connectivity index (χ4n) is 1.67. The number of H-pyrrole nitrogens is 1. The smallest absolute Gasteiger partial charge is 0.253 e. The molecule has 0 aliphatic rings. The lowest BCUT2D eigenvalue weighted by atomic mass is 10.1. The van der Waals surface area contributed by atoms with Crippen molar-refractivity contribution in [1.29, 1.82) is 0 Å². The topological polar surface area (TPSA) is 65.1 Å². The number of hydrogen-bond acceptors (Lipinski definition) is 2. The zero-order valence-corrected chi connectivity index (χ0v) is 8.59. The molecule has 0 spiro atoms. The third kappa shape index (κ3) is 1.44. The molecule has 78 valence electrons. The second kappa shape index (κ2) is 3.31. The first-order valence-corrected chi connectivity index (χ1v) is 4.66. The van der Waals surface area contributed by atoms with E-state index in [1.54, 1.807) is 13.1 Å². The van der Waals surface area contributed by atoms with E-state index in [0.717, 1.165) is 16.5 Å². The maximum absolute atomic E-state index is 11.5. The summed E-state index contributed by atoms with van der Waals surface area (Å²) in [6.07, 6.45) is 1.82. The van der Waals surface area contributed by atoms with Crippen molar-refractivity contribution in [3.63, 3.8) is 0 Å². The number of benzene rings is 1. The van der Waals surface area contributed by atoms with Gasteiger partial charge in [0.05, 0.1) is 11.1 Å². The van der Waals surface area contributed by atoms with E-state index in [9.17, 15) is 9.90 Å². The number of amides is 1. The van der Waals surface area contributed by atoms with Crippen molar-refractivity contribution < 1.29 is 9.90 Å². The number of phenolic OH excluding ortho intramolecular Hbond substituents is 1. The number of nitrogens with one attached hydrogen (secondary N) is 2. The van der Waals surface area contributed by atoms with Gasteiger partial charge in [0.2, 0.25) is 0 Å². The number of aromatic nitrogens is 1. The number of carbonyl (C=O) groups is 1. The molecule has 1 heterocycles. The first-order chi connectivity index (χ1) is 7.13. The first kappa shape index (κ1) is 9.58. The lowest BCUT2D eigenvalue weighted by Crippen LogP contribution is -2.18. The summed E-state index contributed by atoms with van der Waals surface area (Å²) in [4.78, 5) is 14.6. The Bertz CT molecular complexity index is 529. The van der Waals surface area contributed by atoms with Crippen LogP contribution in [0.5, 0.6) is 5.75 Å². The van der Waals surface area contributed by atoms with Crippen LogP contribution in [0.1, 0.15) is 15.9 Å². The van der Waals surface area contributed by atoms with Crippen molar-refractivity contribution in [1.82, 2.24) is 10.3 Å². The molecular weight excluding hydrogens is 192 g/mol. The summed E-state index contributed by atoms with van der Waals surface area (Å²) in [5.74, 6) is -0.110. The number of fused-ring (bicyclic) bond motifs is 1. The van der Waals surface area contributed by atoms with E-state index >= 15 is 0 Å². The van der Waals surface area contributed by atoms with Crippen LogP contribution in [-0.2, 0) is 0 Å². The molecule has 0 saturated carbocycles. The standard InChI is InChI=1S/C11H12N2O2/c1-6-5-13-10-8(6)3-7(14)4-9(10)11(15)12-2/h3-5,13-14H,1-2H3,(H,12,15). The Labute approximate surface area is 86.9 Å². The molecule has 0 saturated heterocycles. The van der Waals surface area contributed by atoms with Crippen molar-refractivity contribution in [2.45, 2.75) is 6.92 Å². The zero-order chi connectivity index (χ0) is 11.0. The van der Waals surface area contributed by atoms with Gasteiger partial charge in [0.15, 0.2) is 0 Å². The van der Waals surface area contributed by atoms with E-state index in [4.69, 9.17) is 0 Å². The zero-order valence-electron chi connectivity index (χ0n) is 8.59. The fourth-order valence-corrected chi connectivity index (χ4v) is 1.67. The van der Waals surface area contributed by atoms with Crippen LogP contribution in [0.3, 0.4) is 0 Å². The van der Waals surface area contributed by atoms with Crippen LogP contribution in [0.15, 0.2) is 18.3 Å². The minimum Gasteiger partial charge on any atom is -0.508 e. The molecule has 4 nitrogen and oxygen atoms in total. The Morgan fingerprint density at radius 2 is 2.20 bits per heavy atom. The highest BCUT2D eigenvalue weighted by Crippen LogP contribution is 2.26. The molecule has 1 amide bonds. The summed E-state index contributed by atoms with van der Waals surface area (Å²) in [6.45, 7) is 1.92. The highest BCUT2D eigenvalue weighted by Gasteiger charge is 2.12. The number of carbonyl (C=O) groups excluding carboxylic acids is 1. The molecular formula is C11H12N2O2. The average Bonchev–Trinajstić information content (AvgIpc) is 2.58. The molecule has 0 aliphatic heterocycles. The van der Waals surface area contributed by atoms with Crippen LogP contribution in [-0.4, -0.2) is 23.0 Å². The molecule has 1 aromatic carbocycles. The number of rotatable bonds is 1. The SMILES string of the molecule is CNC(=O)c1cc(O)cc2c(C)c[nH]c12. The Morgan fingerprint density at radius 3 is 2.87 bits per heavy atom. The first-order valence-electron chi connectivity index (χ1n) is 4.66. The van der Waals surface area contributed by atoms with Gasteiger partial charge in [-0.2, -0.15) is 0 Å². The molecule has 0 radical (unpaired) electrons. The third-order valence-electron chi connectivity index (χ3n) is 2.45. The van der Waals surface area contributed by atoms with E-state index in [1.165, 1.54) is 6.07 Å². The minimum atomic E-state index is -0.210. The lowest BCUT2D eigenvalue weighted by molar-refractivity contribution is 0.0964. The Balaban J connectivity index is 2.78. The van der Waals surface area contributed by atoms with Gasteiger partial charge in [-0.15, -0.1) is 0 Å². The Hall–Kier alpha value is -1.97. The van der Waals surface area contributed by atoms with E-state index in [1.807, 2.05) is 13.1 Å². The summed E-state index contributed by atoms with van der Waals surface area (Å²) in [7, 11) is 1.56. The highest BCUT2D eigenvalue weighted by atomic mass is 16.3. The molecule has 0 bridgehead atoms. The number of phenols is 1. The molecule has 2 aromatic rings. The maximum Gasteiger partial charge on any atom is 0.253 e. The molecule has 4 heteroatoms. The van der Waals surface area contributed by atoms with E-state index < -0.39 is 0 Å². The summed E-state index contributed by atoms with van der Waals surface area (Å²) >= 11 is 0. The van der Waals surface area contributed by atoms with Crippen molar-refractivity contribution >= 4 is 16.8 Å². The minimum absolute atomic E-state index is 0.101. The van der Waals surface area contributed by atoms with Crippen molar-refractivity contribution in [3.8, 4) is 5.75 Å². The van der Waals surface area contributed by atoms with Gasteiger partial charge in [0.1, 0.15) is 5.75 Å². The predicted octanol–water partition coefficient (Wildman–Crippen LogP) is 1.54. The van der Waals surface area contributed by atoms with Crippen molar-refractivity contribution in [2.75, 3.05) is 7.05 Å². The van der Waals surface area contributed by atoms with Crippen LogP contribution >= 0.6 is 0 Å². The summed E-state index contributed by atoms with van der Waals surface area (Å²) in [5.41, 5.74) is 2.22. The van der Waals surface area contributed by atoms with Gasteiger partial charge >= 0.3 is 0 Å². The van der Waals surface area contributed by atoms with Gasteiger partial charge in [-0.1, -0.05) is 0 Å². The Kier molecular flexibility index (Phi) is 2.11. The average molecular weight is 204 g/mol. The van der Waals surface area contributed by atoms with Gasteiger partial charge in [-0.25, -0.2) is 0 Å². The molecule has 0 aliphatic carbocycles. The molecule has 3 N–H and O–H groups in total. The molecule has 0 atom stereocenters. The number of aryl methyl sites for hydroxylation is 1. The molecule has 1 aromatic heterocycles. The monoisotopic (exact) mass is 204 g/mol. The van der Waals surface area contributed by atoms with Crippen LogP contribution in [0.4, 0.5) is 0 Å². The van der Waals surface area contributed by atoms with Crippen LogP contribution in [0, 0.1) is 6.92 Å². The number of hydrogen-bond donors (Lipinski definition) is 3. The van der Waals surface area contributed by atoms with E-state index in [-0.39, 0.29) is 11.7 Å². The highest BCUT2D eigenvalue weighted by molar-refractivity contribution is 6.07. The quantitative estimate of drug-likeness (QED) is 0.659. The molecule has 15 heavy (non-hydrogen) atoms. The molecule has 0 unspecified atom stereocenters.